The maximum atomic E-state index is 14.3. The van der Waals surface area contributed by atoms with Crippen molar-refractivity contribution >= 4 is 35.6 Å². The summed E-state index contributed by atoms with van der Waals surface area (Å²) in [7, 11) is 3.22. The van der Waals surface area contributed by atoms with Crippen molar-refractivity contribution in [2.45, 2.75) is 165 Å². The summed E-state index contributed by atoms with van der Waals surface area (Å²) < 4.78 is 33.4. The Morgan fingerprint density at radius 2 is 1.01 bits per heavy atom. The van der Waals surface area contributed by atoms with Crippen LogP contribution in [0.5, 0.6) is 11.5 Å². The number of allylic oxidation sites excluding steroid dienone is 2. The third kappa shape index (κ3) is 10.8. The quantitative estimate of drug-likeness (QED) is 0.0787. The molecule has 2 aromatic rings. The van der Waals surface area contributed by atoms with Crippen molar-refractivity contribution in [2.75, 3.05) is 53.7 Å². The first-order valence-electron chi connectivity index (χ1n) is 29.2. The van der Waals surface area contributed by atoms with Crippen LogP contribution in [0, 0.1) is 34.5 Å². The van der Waals surface area contributed by atoms with Gasteiger partial charge in [0.05, 0.1) is 76.7 Å². The third-order valence-electron chi connectivity index (χ3n) is 19.4. The van der Waals surface area contributed by atoms with Gasteiger partial charge in [0.25, 0.3) is 0 Å². The number of piperidine rings is 2. The number of esters is 2. The van der Waals surface area contributed by atoms with E-state index in [9.17, 15) is 39.0 Å². The van der Waals surface area contributed by atoms with Crippen molar-refractivity contribution in [1.29, 1.82) is 0 Å². The summed E-state index contributed by atoms with van der Waals surface area (Å²) in [5.41, 5.74) is -1.10. The highest BCUT2D eigenvalue weighted by Crippen LogP contribution is 2.66. The summed E-state index contributed by atoms with van der Waals surface area (Å²) in [6.07, 6.45) is 10.1. The van der Waals surface area contributed by atoms with Crippen LogP contribution in [-0.2, 0) is 60.8 Å². The summed E-state index contributed by atoms with van der Waals surface area (Å²) in [5.74, 6) is 0.121. The Kier molecular flexibility index (Phi) is 18.2. The van der Waals surface area contributed by atoms with Crippen LogP contribution in [0.4, 0.5) is 0 Å². The molecule has 2 aliphatic carbocycles. The maximum Gasteiger partial charge on any atom is 0.308 e. The fourth-order valence-corrected chi connectivity index (χ4v) is 16.3. The van der Waals surface area contributed by atoms with Gasteiger partial charge in [0, 0.05) is 61.7 Å². The average Bonchev–Trinajstić information content (AvgIpc) is 2.70. The molecule has 18 heteroatoms. The molecule has 2 aromatic carbocycles. The zero-order valence-corrected chi connectivity index (χ0v) is 47.4. The van der Waals surface area contributed by atoms with Crippen LogP contribution in [0.15, 0.2) is 73.8 Å². The summed E-state index contributed by atoms with van der Waals surface area (Å²) in [6, 6.07) is 14.4. The molecule has 2 saturated carbocycles. The lowest BCUT2D eigenvalue weighted by Crippen LogP contribution is -2.75. The number of ether oxygens (including phenoxy) is 6. The number of benzene rings is 2. The summed E-state index contributed by atoms with van der Waals surface area (Å²) in [6.45, 7) is 13.8. The second-order valence-corrected chi connectivity index (χ2v) is 23.6. The predicted molar refractivity (Wildman–Crippen MR) is 294 cm³/mol. The molecule has 4 amide bonds. The van der Waals surface area contributed by atoms with Crippen LogP contribution >= 0.6 is 0 Å². The molecular formula is C62H84N4O14. The van der Waals surface area contributed by atoms with E-state index in [0.717, 1.165) is 35.5 Å². The van der Waals surface area contributed by atoms with E-state index in [2.05, 4.69) is 13.2 Å². The molecule has 8 bridgehead atoms. The lowest BCUT2D eigenvalue weighted by Gasteiger charge is -2.64. The number of unbranched alkanes of at least 4 members (excludes halogenated alkanes) is 2. The first-order valence-corrected chi connectivity index (χ1v) is 29.2. The largest absolute Gasteiger partial charge is 0.497 e. The predicted octanol–water partition coefficient (Wildman–Crippen LogP) is 6.88. The van der Waals surface area contributed by atoms with Crippen LogP contribution in [0.25, 0.3) is 0 Å². The monoisotopic (exact) mass is 1110 g/mol. The zero-order valence-electron chi connectivity index (χ0n) is 47.4. The second-order valence-electron chi connectivity index (χ2n) is 23.6. The molecule has 0 unspecified atom stereocenters. The molecule has 2 N–H and O–H groups in total. The SMILES string of the molecule is C=CCCCC(=O)N1CC[C@@H]2[C@@H]3C[C@]4(CC[C@@H](O)OC4)[C@H]1[C@@]2(CC(=O)OCC)N(Cc1ccc(OC)cc1)C3=O.C=CCCCC(=O)N1CC[C@@H]2[C@@H]3C[C@]4(CC[C@H](O)OC4)[C@H]1[C@@]2(CC(=O)OCC)N(Cc1ccc(OC)cc1)C3=O. The number of rotatable bonds is 20. The summed E-state index contributed by atoms with van der Waals surface area (Å²) in [5, 5.41) is 20.5. The Bertz CT molecular complexity index is 2400. The van der Waals surface area contributed by atoms with Crippen molar-refractivity contribution in [3.63, 3.8) is 0 Å². The first kappa shape index (κ1) is 58.8. The van der Waals surface area contributed by atoms with Gasteiger partial charge in [-0.25, -0.2) is 0 Å². The standard InChI is InChI=1S/2C31H42N2O7/c2*1-4-6-7-8-25(34)32-16-14-24-23-17-30(15-13-26(35)40-20-30)29(32)31(24,18-27(36)39-5-2)33(28(23)37)19-21-9-11-22(38-3)12-10-21/h2*4,9-12,23-24,26,29,35H,1,5-8,13-20H2,2-3H3/t23-,24+,26+,29-,30-,31-;23-,24+,26-,29-,30-,31-/m00/s1. The van der Waals surface area contributed by atoms with Crippen LogP contribution in [0.1, 0.15) is 128 Å². The highest BCUT2D eigenvalue weighted by Gasteiger charge is 2.76. The van der Waals surface area contributed by atoms with Gasteiger partial charge in [-0.3, -0.25) is 28.8 Å². The van der Waals surface area contributed by atoms with E-state index in [1.165, 1.54) is 0 Å². The van der Waals surface area contributed by atoms with Gasteiger partial charge in [0.2, 0.25) is 23.6 Å². The first-order chi connectivity index (χ1) is 38.6. The molecule has 18 nitrogen and oxygen atoms in total. The maximum absolute atomic E-state index is 14.3. The Hall–Kier alpha value is -5.82. The van der Waals surface area contributed by atoms with E-state index in [1.807, 2.05) is 80.3 Å². The normalized spacial score (nSPS) is 32.7. The molecule has 0 aromatic heterocycles. The van der Waals surface area contributed by atoms with Gasteiger partial charge in [0.1, 0.15) is 11.5 Å². The number of methoxy groups -OCH3 is 2. The number of likely N-dealkylation sites (tertiary alicyclic amines) is 4. The Morgan fingerprint density at radius 1 is 0.625 bits per heavy atom. The smallest absolute Gasteiger partial charge is 0.308 e. The van der Waals surface area contributed by atoms with Crippen molar-refractivity contribution in [3.05, 3.63) is 85.0 Å². The number of hydrogen-bond donors (Lipinski definition) is 2. The van der Waals surface area contributed by atoms with Gasteiger partial charge in [-0.05, 0) is 138 Å². The van der Waals surface area contributed by atoms with Crippen LogP contribution in [0.2, 0.25) is 0 Å². The summed E-state index contributed by atoms with van der Waals surface area (Å²) in [4.78, 5) is 90.8. The minimum absolute atomic E-state index is 0.0231. The zero-order chi connectivity index (χ0) is 57.0. The van der Waals surface area contributed by atoms with Gasteiger partial charge in [-0.1, -0.05) is 36.4 Å². The number of carbonyl (C=O) groups is 6. The molecular weight excluding hydrogens is 1020 g/mol. The number of amides is 4. The Balaban J connectivity index is 0.000000194. The lowest BCUT2D eigenvalue weighted by molar-refractivity contribution is -0.223. The minimum Gasteiger partial charge on any atom is -0.497 e. The molecule has 10 rings (SSSR count). The van der Waals surface area contributed by atoms with E-state index in [-0.39, 0.29) is 98.5 Å². The molecule has 8 aliphatic rings. The lowest BCUT2D eigenvalue weighted by atomic mass is 9.51. The molecule has 2 spiro atoms. The van der Waals surface area contributed by atoms with E-state index >= 15 is 0 Å². The van der Waals surface area contributed by atoms with Gasteiger partial charge in [-0.15, -0.1) is 13.2 Å². The highest BCUT2D eigenvalue weighted by molar-refractivity contribution is 5.89. The van der Waals surface area contributed by atoms with Crippen LogP contribution in [-0.4, -0.2) is 155 Å². The van der Waals surface area contributed by atoms with E-state index in [4.69, 9.17) is 28.4 Å². The molecule has 6 saturated heterocycles. The van der Waals surface area contributed by atoms with Gasteiger partial charge < -0.3 is 58.2 Å². The molecule has 436 valence electrons. The highest BCUT2D eigenvalue weighted by atomic mass is 16.6. The molecule has 6 heterocycles. The topological polar surface area (TPSA) is 211 Å². The minimum atomic E-state index is -0.926. The fourth-order valence-electron chi connectivity index (χ4n) is 16.3. The number of aliphatic hydroxyl groups excluding tert-OH is 2. The number of fused-ring (bicyclic) bond motifs is 2. The molecule has 0 radical (unpaired) electrons. The molecule has 12 atom stereocenters. The Morgan fingerprint density at radius 3 is 1.34 bits per heavy atom. The van der Waals surface area contributed by atoms with Crippen molar-refractivity contribution in [1.82, 2.24) is 19.6 Å². The van der Waals surface area contributed by atoms with Crippen LogP contribution in [0.3, 0.4) is 0 Å². The third-order valence-corrected chi connectivity index (χ3v) is 19.4. The van der Waals surface area contributed by atoms with Crippen molar-refractivity contribution < 1.29 is 67.4 Å². The molecule has 8 fully saturated rings. The Labute approximate surface area is 471 Å². The fraction of sp³-hybridized carbons (Fsp3) is 0.645. The number of hydrogen-bond acceptors (Lipinski definition) is 14. The number of nitrogens with zero attached hydrogens (tertiary/aromatic N) is 4. The molecule has 6 aliphatic heterocycles. The van der Waals surface area contributed by atoms with Crippen molar-refractivity contribution in [2.24, 2.45) is 34.5 Å². The second kappa shape index (κ2) is 24.7. The van der Waals surface area contributed by atoms with E-state index in [0.29, 0.717) is 103 Å². The van der Waals surface area contributed by atoms with Gasteiger partial charge >= 0.3 is 11.9 Å². The number of carbonyl (C=O) groups excluding carboxylic acids is 6. The van der Waals surface area contributed by atoms with Crippen LogP contribution < -0.4 is 9.47 Å². The molecule has 80 heavy (non-hydrogen) atoms. The van der Waals surface area contributed by atoms with Gasteiger partial charge in [-0.2, -0.15) is 0 Å². The van der Waals surface area contributed by atoms with E-state index in [1.54, 1.807) is 28.1 Å². The average molecular weight is 1110 g/mol. The van der Waals surface area contributed by atoms with E-state index < -0.39 is 46.6 Å². The summed E-state index contributed by atoms with van der Waals surface area (Å²) >= 11 is 0. The van der Waals surface area contributed by atoms with Gasteiger partial charge in [0.15, 0.2) is 12.6 Å². The number of aliphatic hydroxyl groups is 2. The van der Waals surface area contributed by atoms with Crippen molar-refractivity contribution in [3.8, 4) is 11.5 Å².